The molecule has 0 saturated heterocycles. The highest BCUT2D eigenvalue weighted by Gasteiger charge is 2.28. The van der Waals surface area contributed by atoms with Crippen molar-refractivity contribution in [2.75, 3.05) is 14.1 Å². The average molecular weight is 320 g/mol. The molecular formula is C18H28N2O3. The molecule has 0 aliphatic rings. The lowest BCUT2D eigenvalue weighted by atomic mass is 10.0. The third kappa shape index (κ3) is 6.82. The van der Waals surface area contributed by atoms with Crippen molar-refractivity contribution in [1.82, 2.24) is 10.2 Å². The number of rotatable bonds is 6. The van der Waals surface area contributed by atoms with Crippen molar-refractivity contribution >= 4 is 11.9 Å². The molecule has 1 N–H and O–H groups in total. The average Bonchev–Trinajstić information content (AvgIpc) is 2.44. The molecule has 0 bridgehead atoms. The van der Waals surface area contributed by atoms with E-state index in [0.29, 0.717) is 6.42 Å². The molecule has 0 heterocycles. The van der Waals surface area contributed by atoms with E-state index >= 15 is 0 Å². The number of hydrogen-bond donors (Lipinski definition) is 1. The summed E-state index contributed by atoms with van der Waals surface area (Å²) in [6.07, 6.45) is 0.404. The number of amides is 1. The Kier molecular flexibility index (Phi) is 6.76. The number of likely N-dealkylation sites (N-methyl/N-ethyl adjacent to an activating group) is 1. The first-order valence-electron chi connectivity index (χ1n) is 7.83. The second-order valence-corrected chi connectivity index (χ2v) is 6.92. The van der Waals surface area contributed by atoms with Gasteiger partial charge in [-0.05, 0) is 47.4 Å². The number of ether oxygens (including phenoxy) is 1. The lowest BCUT2D eigenvalue weighted by molar-refractivity contribution is -0.158. The molecule has 0 saturated carbocycles. The normalized spacial score (nSPS) is 14.2. The van der Waals surface area contributed by atoms with Gasteiger partial charge in [0.25, 0.3) is 0 Å². The second kappa shape index (κ2) is 8.11. The van der Waals surface area contributed by atoms with Gasteiger partial charge in [0, 0.05) is 6.42 Å². The van der Waals surface area contributed by atoms with Gasteiger partial charge in [0.1, 0.15) is 11.6 Å². The van der Waals surface area contributed by atoms with Gasteiger partial charge in [0.05, 0.1) is 6.04 Å². The quantitative estimate of drug-likeness (QED) is 0.815. The van der Waals surface area contributed by atoms with Crippen LogP contribution in [0.2, 0.25) is 0 Å². The van der Waals surface area contributed by atoms with E-state index in [1.807, 2.05) is 65.2 Å². The summed E-state index contributed by atoms with van der Waals surface area (Å²) < 4.78 is 5.45. The molecule has 0 fully saturated rings. The van der Waals surface area contributed by atoms with Gasteiger partial charge in [-0.15, -0.1) is 0 Å². The highest BCUT2D eigenvalue weighted by atomic mass is 16.6. The van der Waals surface area contributed by atoms with E-state index in [1.54, 1.807) is 11.8 Å². The smallest absolute Gasteiger partial charge is 0.329 e. The van der Waals surface area contributed by atoms with Gasteiger partial charge in [-0.1, -0.05) is 30.3 Å². The van der Waals surface area contributed by atoms with Gasteiger partial charge < -0.3 is 10.1 Å². The Labute approximate surface area is 139 Å². The highest BCUT2D eigenvalue weighted by molar-refractivity contribution is 5.87. The first-order chi connectivity index (χ1) is 10.6. The molecule has 0 aromatic heterocycles. The van der Waals surface area contributed by atoms with Crippen LogP contribution >= 0.6 is 0 Å². The number of hydrogen-bond acceptors (Lipinski definition) is 4. The van der Waals surface area contributed by atoms with Crippen LogP contribution in [0.5, 0.6) is 0 Å². The Morgan fingerprint density at radius 1 is 1.17 bits per heavy atom. The van der Waals surface area contributed by atoms with Crippen molar-refractivity contribution in [3.05, 3.63) is 35.9 Å². The maximum absolute atomic E-state index is 12.4. The lowest BCUT2D eigenvalue weighted by Crippen LogP contribution is -2.51. The van der Waals surface area contributed by atoms with E-state index < -0.39 is 17.6 Å². The van der Waals surface area contributed by atoms with Gasteiger partial charge in [0.2, 0.25) is 5.91 Å². The third-order valence-corrected chi connectivity index (χ3v) is 3.44. The molecule has 128 valence electrons. The first kappa shape index (κ1) is 19.2. The minimum absolute atomic E-state index is 0.193. The largest absolute Gasteiger partial charge is 0.458 e. The molecule has 0 aliphatic heterocycles. The Bertz CT molecular complexity index is 521. The summed E-state index contributed by atoms with van der Waals surface area (Å²) in [5, 5.41) is 2.81. The summed E-state index contributed by atoms with van der Waals surface area (Å²) in [7, 11) is 3.65. The number of esters is 1. The number of carbonyl (C=O) groups excluding carboxylic acids is 2. The Morgan fingerprint density at radius 2 is 1.74 bits per heavy atom. The van der Waals surface area contributed by atoms with E-state index in [0.717, 1.165) is 5.56 Å². The maximum Gasteiger partial charge on any atom is 0.329 e. The molecule has 0 spiro atoms. The fraction of sp³-hybridized carbons (Fsp3) is 0.556. The van der Waals surface area contributed by atoms with Crippen LogP contribution < -0.4 is 5.32 Å². The number of carbonyl (C=O) groups is 2. The molecule has 0 aliphatic carbocycles. The van der Waals surface area contributed by atoms with Gasteiger partial charge in [-0.2, -0.15) is 0 Å². The van der Waals surface area contributed by atoms with Crippen LogP contribution in [0.3, 0.4) is 0 Å². The molecule has 1 rings (SSSR count). The molecule has 0 radical (unpaired) electrons. The van der Waals surface area contributed by atoms with Crippen molar-refractivity contribution in [3.63, 3.8) is 0 Å². The highest BCUT2D eigenvalue weighted by Crippen LogP contribution is 2.12. The monoisotopic (exact) mass is 320 g/mol. The first-order valence-corrected chi connectivity index (χ1v) is 7.83. The zero-order valence-electron chi connectivity index (χ0n) is 14.9. The van der Waals surface area contributed by atoms with E-state index in [1.165, 1.54) is 0 Å². The molecule has 1 aromatic carbocycles. The van der Waals surface area contributed by atoms with Crippen molar-refractivity contribution in [1.29, 1.82) is 0 Å². The van der Waals surface area contributed by atoms with Crippen LogP contribution in [0.25, 0.3) is 0 Å². The third-order valence-electron chi connectivity index (χ3n) is 3.44. The summed E-state index contributed by atoms with van der Waals surface area (Å²) in [5.41, 5.74) is 0.380. The summed E-state index contributed by atoms with van der Waals surface area (Å²) in [6.45, 7) is 7.24. The standard InChI is InChI=1S/C18H28N2O3/c1-13(20(5)6)16(21)19-15(17(22)23-18(2,3)4)12-14-10-8-7-9-11-14/h7-11,13,15H,12H2,1-6H3,(H,19,21)/t13-,15-/m1/s1. The van der Waals surface area contributed by atoms with Gasteiger partial charge in [-0.25, -0.2) is 4.79 Å². The van der Waals surface area contributed by atoms with Crippen LogP contribution in [0.1, 0.15) is 33.3 Å². The Balaban J connectivity index is 2.88. The summed E-state index contributed by atoms with van der Waals surface area (Å²) in [5.74, 6) is -0.609. The van der Waals surface area contributed by atoms with Gasteiger partial charge in [-0.3, -0.25) is 9.69 Å². The zero-order valence-corrected chi connectivity index (χ0v) is 14.9. The summed E-state index contributed by atoms with van der Waals surface area (Å²) in [4.78, 5) is 26.5. The minimum Gasteiger partial charge on any atom is -0.458 e. The van der Waals surface area contributed by atoms with E-state index in [4.69, 9.17) is 4.74 Å². The van der Waals surface area contributed by atoms with Crippen molar-refractivity contribution in [3.8, 4) is 0 Å². The number of nitrogens with one attached hydrogen (secondary N) is 1. The van der Waals surface area contributed by atoms with Crippen molar-refractivity contribution < 1.29 is 14.3 Å². The number of benzene rings is 1. The van der Waals surface area contributed by atoms with Crippen molar-refractivity contribution in [2.24, 2.45) is 0 Å². The molecule has 2 atom stereocenters. The molecule has 5 nitrogen and oxygen atoms in total. The second-order valence-electron chi connectivity index (χ2n) is 6.92. The Hall–Kier alpha value is -1.88. The molecule has 0 unspecified atom stereocenters. The molecule has 23 heavy (non-hydrogen) atoms. The Morgan fingerprint density at radius 3 is 2.22 bits per heavy atom. The molecular weight excluding hydrogens is 292 g/mol. The van der Waals surface area contributed by atoms with Crippen molar-refractivity contribution in [2.45, 2.75) is 51.8 Å². The van der Waals surface area contributed by atoms with Crippen LogP contribution in [-0.2, 0) is 20.7 Å². The summed E-state index contributed by atoms with van der Waals surface area (Å²) in [6, 6.07) is 8.57. The topological polar surface area (TPSA) is 58.6 Å². The predicted molar refractivity (Wildman–Crippen MR) is 91.1 cm³/mol. The van der Waals surface area contributed by atoms with E-state index in [-0.39, 0.29) is 11.9 Å². The fourth-order valence-electron chi connectivity index (χ4n) is 1.94. The molecule has 1 aromatic rings. The van der Waals surface area contributed by atoms with Crippen LogP contribution in [0.4, 0.5) is 0 Å². The zero-order chi connectivity index (χ0) is 17.6. The predicted octanol–water partition coefficient (Wildman–Crippen LogP) is 2.01. The fourth-order valence-corrected chi connectivity index (χ4v) is 1.94. The van der Waals surface area contributed by atoms with Crippen LogP contribution in [0.15, 0.2) is 30.3 Å². The lowest BCUT2D eigenvalue weighted by Gasteiger charge is -2.26. The molecule has 5 heteroatoms. The van der Waals surface area contributed by atoms with Crippen LogP contribution in [-0.4, -0.2) is 48.6 Å². The maximum atomic E-state index is 12.4. The SMILES string of the molecule is C[C@H](C(=O)N[C@H](Cc1ccccc1)C(=O)OC(C)(C)C)N(C)C. The summed E-state index contributed by atoms with van der Waals surface area (Å²) >= 11 is 0. The van der Waals surface area contributed by atoms with Crippen LogP contribution in [0, 0.1) is 0 Å². The molecule has 1 amide bonds. The number of nitrogens with zero attached hydrogens (tertiary/aromatic N) is 1. The van der Waals surface area contributed by atoms with Gasteiger partial charge in [0.15, 0.2) is 0 Å². The van der Waals surface area contributed by atoms with E-state index in [2.05, 4.69) is 5.32 Å². The minimum atomic E-state index is -0.702. The van der Waals surface area contributed by atoms with Gasteiger partial charge >= 0.3 is 5.97 Å². The van der Waals surface area contributed by atoms with E-state index in [9.17, 15) is 9.59 Å².